The molecule has 5 heteroatoms. The Morgan fingerprint density at radius 3 is 2.55 bits per heavy atom. The lowest BCUT2D eigenvalue weighted by atomic mass is 9.94. The molecule has 0 bridgehead atoms. The number of likely N-dealkylation sites (N-methyl/N-ethyl adjacent to an activating group) is 1. The fraction of sp³-hybridized carbons (Fsp3) is 0.588. The van der Waals surface area contributed by atoms with Crippen molar-refractivity contribution in [3.63, 3.8) is 0 Å². The molecule has 1 atom stereocenters. The Kier molecular flexibility index (Phi) is 5.42. The number of likely N-dealkylation sites (tertiary alicyclic amines) is 1. The van der Waals surface area contributed by atoms with E-state index in [2.05, 4.69) is 0 Å². The lowest BCUT2D eigenvalue weighted by Crippen LogP contribution is -2.41. The van der Waals surface area contributed by atoms with Gasteiger partial charge in [0, 0.05) is 19.6 Å². The van der Waals surface area contributed by atoms with Crippen molar-refractivity contribution in [3.05, 3.63) is 29.8 Å². The predicted octanol–water partition coefficient (Wildman–Crippen LogP) is 1.24. The van der Waals surface area contributed by atoms with Gasteiger partial charge in [-0.15, -0.1) is 0 Å². The number of hydrogen-bond acceptors (Lipinski definition) is 4. The first kappa shape index (κ1) is 16.8. The standard InChI is InChI=1S/C17H26N2O3/c1-18(2)13-17(22)8-3-10-19(11-9-17)16(21)12-14-4-6-15(20)7-5-14/h4-7,20,22H,3,8-13H2,1-2H3. The van der Waals surface area contributed by atoms with Gasteiger partial charge in [-0.05, 0) is 51.1 Å². The summed E-state index contributed by atoms with van der Waals surface area (Å²) >= 11 is 0. The second-order valence-electron chi connectivity index (χ2n) is 6.54. The third-order valence-corrected chi connectivity index (χ3v) is 4.17. The Morgan fingerprint density at radius 1 is 1.23 bits per heavy atom. The number of aliphatic hydroxyl groups is 1. The summed E-state index contributed by atoms with van der Waals surface area (Å²) in [6.45, 7) is 1.93. The van der Waals surface area contributed by atoms with Crippen molar-refractivity contribution in [1.29, 1.82) is 0 Å². The summed E-state index contributed by atoms with van der Waals surface area (Å²) in [6.07, 6.45) is 2.51. The van der Waals surface area contributed by atoms with Crippen LogP contribution in [0.25, 0.3) is 0 Å². The highest BCUT2D eigenvalue weighted by atomic mass is 16.3. The molecule has 0 saturated carbocycles. The highest BCUT2D eigenvalue weighted by Crippen LogP contribution is 2.23. The minimum Gasteiger partial charge on any atom is -0.508 e. The first-order valence-corrected chi connectivity index (χ1v) is 7.81. The van der Waals surface area contributed by atoms with Gasteiger partial charge in [-0.3, -0.25) is 4.79 Å². The van der Waals surface area contributed by atoms with Crippen LogP contribution in [0.4, 0.5) is 0 Å². The Balaban J connectivity index is 1.92. The normalized spacial score (nSPS) is 22.6. The van der Waals surface area contributed by atoms with Crippen LogP contribution in [-0.2, 0) is 11.2 Å². The fourth-order valence-electron chi connectivity index (χ4n) is 3.08. The summed E-state index contributed by atoms with van der Waals surface area (Å²) in [5.41, 5.74) is 0.201. The van der Waals surface area contributed by atoms with Crippen molar-refractivity contribution >= 4 is 5.91 Å². The average molecular weight is 306 g/mol. The van der Waals surface area contributed by atoms with E-state index in [4.69, 9.17) is 0 Å². The maximum absolute atomic E-state index is 12.4. The van der Waals surface area contributed by atoms with E-state index in [9.17, 15) is 15.0 Å². The zero-order chi connectivity index (χ0) is 16.2. The third-order valence-electron chi connectivity index (χ3n) is 4.17. The molecule has 0 spiro atoms. The van der Waals surface area contributed by atoms with Crippen LogP contribution in [0, 0.1) is 0 Å². The smallest absolute Gasteiger partial charge is 0.226 e. The number of nitrogens with zero attached hydrogens (tertiary/aromatic N) is 2. The number of hydrogen-bond donors (Lipinski definition) is 2. The molecule has 22 heavy (non-hydrogen) atoms. The quantitative estimate of drug-likeness (QED) is 0.878. The summed E-state index contributed by atoms with van der Waals surface area (Å²) < 4.78 is 0. The van der Waals surface area contributed by atoms with E-state index >= 15 is 0 Å². The van der Waals surface area contributed by atoms with Gasteiger partial charge in [0.25, 0.3) is 0 Å². The molecule has 1 unspecified atom stereocenters. The van der Waals surface area contributed by atoms with Gasteiger partial charge in [-0.25, -0.2) is 0 Å². The number of rotatable bonds is 4. The van der Waals surface area contributed by atoms with E-state index in [0.717, 1.165) is 18.4 Å². The van der Waals surface area contributed by atoms with Crippen molar-refractivity contribution in [1.82, 2.24) is 9.80 Å². The minimum absolute atomic E-state index is 0.0831. The van der Waals surface area contributed by atoms with Crippen molar-refractivity contribution in [3.8, 4) is 5.75 Å². The van der Waals surface area contributed by atoms with Crippen LogP contribution in [0.5, 0.6) is 5.75 Å². The number of carbonyl (C=O) groups excluding carboxylic acids is 1. The minimum atomic E-state index is -0.697. The molecule has 0 aromatic heterocycles. The lowest BCUT2D eigenvalue weighted by molar-refractivity contribution is -0.130. The average Bonchev–Trinajstić information content (AvgIpc) is 2.62. The zero-order valence-electron chi connectivity index (χ0n) is 13.5. The SMILES string of the molecule is CN(C)CC1(O)CCCN(C(=O)Cc2ccc(O)cc2)CC1. The molecule has 1 saturated heterocycles. The van der Waals surface area contributed by atoms with Crippen LogP contribution in [0.2, 0.25) is 0 Å². The molecule has 1 aliphatic rings. The molecule has 1 aromatic rings. The van der Waals surface area contributed by atoms with E-state index in [1.165, 1.54) is 0 Å². The van der Waals surface area contributed by atoms with E-state index in [-0.39, 0.29) is 11.7 Å². The molecule has 2 N–H and O–H groups in total. The van der Waals surface area contributed by atoms with Crippen LogP contribution >= 0.6 is 0 Å². The molecular weight excluding hydrogens is 280 g/mol. The number of aromatic hydroxyl groups is 1. The second kappa shape index (κ2) is 7.11. The molecule has 0 aliphatic carbocycles. The van der Waals surface area contributed by atoms with Crippen LogP contribution in [0.15, 0.2) is 24.3 Å². The Labute approximate surface area is 132 Å². The zero-order valence-corrected chi connectivity index (χ0v) is 13.5. The molecule has 5 nitrogen and oxygen atoms in total. The van der Waals surface area contributed by atoms with Gasteiger partial charge in [-0.1, -0.05) is 12.1 Å². The fourth-order valence-corrected chi connectivity index (χ4v) is 3.08. The Hall–Kier alpha value is -1.59. The third kappa shape index (κ3) is 4.71. The summed E-state index contributed by atoms with van der Waals surface area (Å²) in [6, 6.07) is 6.74. The summed E-state index contributed by atoms with van der Waals surface area (Å²) in [5.74, 6) is 0.291. The number of amides is 1. The van der Waals surface area contributed by atoms with Gasteiger partial charge in [0.05, 0.1) is 12.0 Å². The van der Waals surface area contributed by atoms with Gasteiger partial charge >= 0.3 is 0 Å². The van der Waals surface area contributed by atoms with Gasteiger partial charge in [0.1, 0.15) is 5.75 Å². The summed E-state index contributed by atoms with van der Waals surface area (Å²) in [4.78, 5) is 16.3. The predicted molar refractivity (Wildman–Crippen MR) is 85.7 cm³/mol. The molecule has 0 radical (unpaired) electrons. The second-order valence-corrected chi connectivity index (χ2v) is 6.54. The van der Waals surface area contributed by atoms with Crippen molar-refractivity contribution in [2.75, 3.05) is 33.7 Å². The molecule has 2 rings (SSSR count). The highest BCUT2D eigenvalue weighted by Gasteiger charge is 2.31. The maximum Gasteiger partial charge on any atom is 0.226 e. The van der Waals surface area contributed by atoms with E-state index < -0.39 is 5.60 Å². The molecule has 122 valence electrons. The molecule has 1 fully saturated rings. The topological polar surface area (TPSA) is 64.0 Å². The Morgan fingerprint density at radius 2 is 1.91 bits per heavy atom. The maximum atomic E-state index is 12.4. The largest absolute Gasteiger partial charge is 0.508 e. The van der Waals surface area contributed by atoms with E-state index in [1.807, 2.05) is 23.9 Å². The number of benzene rings is 1. The van der Waals surface area contributed by atoms with E-state index in [0.29, 0.717) is 32.5 Å². The molecule has 1 aliphatic heterocycles. The number of phenolic OH excluding ortho intramolecular Hbond substituents is 1. The van der Waals surface area contributed by atoms with Crippen LogP contribution in [-0.4, -0.2) is 65.3 Å². The first-order valence-electron chi connectivity index (χ1n) is 7.81. The molecular formula is C17H26N2O3. The van der Waals surface area contributed by atoms with Gasteiger partial charge in [-0.2, -0.15) is 0 Å². The van der Waals surface area contributed by atoms with Crippen molar-refractivity contribution in [2.45, 2.75) is 31.3 Å². The lowest BCUT2D eigenvalue weighted by Gasteiger charge is -2.30. The number of carbonyl (C=O) groups is 1. The Bertz CT molecular complexity index is 501. The van der Waals surface area contributed by atoms with Crippen molar-refractivity contribution in [2.24, 2.45) is 0 Å². The van der Waals surface area contributed by atoms with Crippen molar-refractivity contribution < 1.29 is 15.0 Å². The summed E-state index contributed by atoms with van der Waals surface area (Å²) in [7, 11) is 3.91. The van der Waals surface area contributed by atoms with Crippen LogP contribution in [0.1, 0.15) is 24.8 Å². The monoisotopic (exact) mass is 306 g/mol. The van der Waals surface area contributed by atoms with E-state index in [1.54, 1.807) is 24.3 Å². The van der Waals surface area contributed by atoms with Gasteiger partial charge in [0.2, 0.25) is 5.91 Å². The molecule has 1 heterocycles. The summed E-state index contributed by atoms with van der Waals surface area (Å²) in [5, 5.41) is 19.9. The molecule has 1 aromatic carbocycles. The van der Waals surface area contributed by atoms with Gasteiger partial charge < -0.3 is 20.0 Å². The van der Waals surface area contributed by atoms with Crippen LogP contribution in [0.3, 0.4) is 0 Å². The highest BCUT2D eigenvalue weighted by molar-refractivity contribution is 5.78. The number of phenols is 1. The van der Waals surface area contributed by atoms with Gasteiger partial charge in [0.15, 0.2) is 0 Å². The van der Waals surface area contributed by atoms with Crippen LogP contribution < -0.4 is 0 Å². The molecule has 1 amide bonds. The first-order chi connectivity index (χ1) is 10.4.